The Morgan fingerprint density at radius 2 is 0.971 bits per heavy atom. The van der Waals surface area contributed by atoms with Crippen molar-refractivity contribution in [2.75, 3.05) is 0 Å². The van der Waals surface area contributed by atoms with Crippen LogP contribution in [-0.2, 0) is 21.0 Å². The Morgan fingerprint density at radius 1 is 0.647 bits per heavy atom. The zero-order valence-corrected chi connectivity index (χ0v) is 19.3. The highest BCUT2D eigenvalue weighted by molar-refractivity contribution is 7.98. The summed E-state index contributed by atoms with van der Waals surface area (Å²) in [5, 5.41) is -7.11. The minimum atomic E-state index is -7.43. The maximum Gasteiger partial charge on any atom is 0.460 e. The largest absolute Gasteiger partial charge is 0.743 e. The monoisotopic (exact) mass is 542 g/mol. The lowest BCUT2D eigenvalue weighted by molar-refractivity contribution is -0.382. The van der Waals surface area contributed by atoms with Crippen LogP contribution in [0.5, 0.6) is 0 Å². The number of rotatable bonds is 5. The summed E-state index contributed by atoms with van der Waals surface area (Å²) < 4.78 is 136. The Balaban J connectivity index is 0.000000340. The number of halogens is 9. The van der Waals surface area contributed by atoms with E-state index < -0.39 is 33.4 Å². The van der Waals surface area contributed by atoms with Gasteiger partial charge in [0.2, 0.25) is 0 Å². The van der Waals surface area contributed by atoms with Gasteiger partial charge in [-0.1, -0.05) is 36.4 Å². The molecule has 2 aromatic rings. The first-order valence-electron chi connectivity index (χ1n) is 9.09. The third-order valence-electron chi connectivity index (χ3n) is 4.00. The van der Waals surface area contributed by atoms with Crippen molar-refractivity contribution in [2.24, 2.45) is 0 Å². The first-order valence-corrected chi connectivity index (χ1v) is 11.7. The zero-order valence-electron chi connectivity index (χ0n) is 17.7. The van der Waals surface area contributed by atoms with Gasteiger partial charge in [-0.15, -0.1) is 0 Å². The molecule has 2 rings (SSSR count). The molecule has 0 fully saturated rings. The molecule has 3 nitrogen and oxygen atoms in total. The van der Waals surface area contributed by atoms with E-state index in [-0.39, 0.29) is 15.6 Å². The first kappa shape index (κ1) is 30.1. The van der Waals surface area contributed by atoms with Crippen LogP contribution in [0.25, 0.3) is 0 Å². The van der Waals surface area contributed by atoms with Gasteiger partial charge in [-0.05, 0) is 45.0 Å². The average Bonchev–Trinajstić information content (AvgIpc) is 2.67. The number of hydrogen-bond acceptors (Lipinski definition) is 3. The van der Waals surface area contributed by atoms with E-state index in [1.807, 2.05) is 0 Å². The van der Waals surface area contributed by atoms with Gasteiger partial charge in [0, 0.05) is 0 Å². The molecule has 0 N–H and O–H groups in total. The van der Waals surface area contributed by atoms with E-state index in [0.717, 1.165) is 0 Å². The molecule has 0 atom stereocenters. The highest BCUT2D eigenvalue weighted by Gasteiger charge is 2.83. The zero-order chi connectivity index (χ0) is 26.8. The van der Waals surface area contributed by atoms with E-state index >= 15 is 0 Å². The fourth-order valence-corrected chi connectivity index (χ4v) is 5.46. The van der Waals surface area contributed by atoms with Crippen molar-refractivity contribution in [1.82, 2.24) is 0 Å². The van der Waals surface area contributed by atoms with E-state index in [0.29, 0.717) is 0 Å². The highest BCUT2D eigenvalue weighted by atomic mass is 32.2. The molecule has 0 heterocycles. The summed E-state index contributed by atoms with van der Waals surface area (Å²) in [6.07, 6.45) is -7.16. The second kappa shape index (κ2) is 9.97. The van der Waals surface area contributed by atoms with Crippen LogP contribution >= 0.6 is 0 Å². The molecule has 0 bridgehead atoms. The van der Waals surface area contributed by atoms with E-state index in [1.165, 1.54) is 9.79 Å². The smallest absolute Gasteiger partial charge is 0.460 e. The van der Waals surface area contributed by atoms with Gasteiger partial charge in [0.1, 0.15) is 4.75 Å². The van der Waals surface area contributed by atoms with Crippen molar-refractivity contribution in [3.8, 4) is 0 Å². The van der Waals surface area contributed by atoms with Crippen molar-refractivity contribution < 1.29 is 52.5 Å². The highest BCUT2D eigenvalue weighted by Crippen LogP contribution is 2.54. The SMILES string of the molecule is CC(C)(C)[S+](c1ccccc1)c1ccccc1.O=S(=O)([O-])C(F)(F)C(F)(F)C(F)(F)C(F)(F)F. The van der Waals surface area contributed by atoms with Gasteiger partial charge in [0.05, 0.1) is 10.9 Å². The molecule has 2 aromatic carbocycles. The lowest BCUT2D eigenvalue weighted by Gasteiger charge is -2.34. The summed E-state index contributed by atoms with van der Waals surface area (Å²) >= 11 is 0. The molecular formula is C20H19F9O3S2. The molecule has 34 heavy (non-hydrogen) atoms. The lowest BCUT2D eigenvalue weighted by Crippen LogP contribution is -2.63. The Kier molecular flexibility index (Phi) is 8.83. The minimum absolute atomic E-state index is 0.131. The van der Waals surface area contributed by atoms with Gasteiger partial charge < -0.3 is 4.55 Å². The summed E-state index contributed by atoms with van der Waals surface area (Å²) in [5.74, 6) is -14.8. The second-order valence-corrected chi connectivity index (χ2v) is 11.9. The Hall–Kier alpha value is -1.93. The molecule has 0 saturated heterocycles. The van der Waals surface area contributed by atoms with Crippen LogP contribution in [0.4, 0.5) is 39.5 Å². The third kappa shape index (κ3) is 6.19. The number of alkyl halides is 9. The van der Waals surface area contributed by atoms with Crippen molar-refractivity contribution in [3.05, 3.63) is 60.7 Å². The molecular weight excluding hydrogens is 523 g/mol. The van der Waals surface area contributed by atoms with E-state index in [9.17, 15) is 52.5 Å². The Bertz CT molecular complexity index is 995. The summed E-state index contributed by atoms with van der Waals surface area (Å²) in [7, 11) is -7.29. The van der Waals surface area contributed by atoms with Crippen molar-refractivity contribution in [2.45, 2.75) is 58.6 Å². The van der Waals surface area contributed by atoms with Gasteiger partial charge in [-0.2, -0.15) is 39.5 Å². The van der Waals surface area contributed by atoms with E-state index in [4.69, 9.17) is 0 Å². The molecule has 0 amide bonds. The maximum atomic E-state index is 12.2. The Labute approximate surface area is 193 Å². The van der Waals surface area contributed by atoms with Gasteiger partial charge >= 0.3 is 23.3 Å². The van der Waals surface area contributed by atoms with Crippen molar-refractivity contribution >= 4 is 21.0 Å². The average molecular weight is 542 g/mol. The van der Waals surface area contributed by atoms with Crippen LogP contribution in [0.1, 0.15) is 20.8 Å². The molecule has 0 aromatic heterocycles. The van der Waals surface area contributed by atoms with Crippen LogP contribution in [0, 0.1) is 0 Å². The second-order valence-electron chi connectivity index (χ2n) is 7.66. The van der Waals surface area contributed by atoms with Crippen LogP contribution in [0.2, 0.25) is 0 Å². The summed E-state index contributed by atoms with van der Waals surface area (Å²) in [6.45, 7) is 6.95. The van der Waals surface area contributed by atoms with Crippen LogP contribution in [0.3, 0.4) is 0 Å². The normalized spacial score (nSPS) is 13.9. The molecule has 0 aliphatic heterocycles. The maximum absolute atomic E-state index is 12.2. The fraction of sp³-hybridized carbons (Fsp3) is 0.400. The van der Waals surface area contributed by atoms with Crippen molar-refractivity contribution in [1.29, 1.82) is 0 Å². The molecule has 0 spiro atoms. The van der Waals surface area contributed by atoms with E-state index in [2.05, 4.69) is 81.4 Å². The molecule has 0 saturated carbocycles. The molecule has 192 valence electrons. The summed E-state index contributed by atoms with van der Waals surface area (Å²) in [4.78, 5) is 2.84. The standard InChI is InChI=1S/C16H19S.C4HF9O3S/c1-16(2,3)17(14-10-6-4-7-11-14)15-12-8-5-9-13-15;5-1(6,3(9,10)11)2(7,8)4(12,13)17(14,15)16/h4-13H,1-3H3;(H,14,15,16)/q+1;/p-1. The summed E-state index contributed by atoms with van der Waals surface area (Å²) in [5.41, 5.74) is 0. The third-order valence-corrected chi connectivity index (χ3v) is 7.60. The molecule has 0 aliphatic rings. The fourth-order valence-electron chi connectivity index (χ4n) is 2.47. The van der Waals surface area contributed by atoms with Crippen LogP contribution in [-0.4, -0.2) is 41.0 Å². The topological polar surface area (TPSA) is 57.2 Å². The first-order chi connectivity index (χ1) is 15.1. The van der Waals surface area contributed by atoms with E-state index in [1.54, 1.807) is 0 Å². The molecule has 0 radical (unpaired) electrons. The predicted molar refractivity (Wildman–Crippen MR) is 107 cm³/mol. The predicted octanol–water partition coefficient (Wildman–Crippen LogP) is 6.48. The van der Waals surface area contributed by atoms with Gasteiger partial charge in [0.15, 0.2) is 19.9 Å². The van der Waals surface area contributed by atoms with Gasteiger partial charge in [-0.3, -0.25) is 0 Å². The quantitative estimate of drug-likeness (QED) is 0.247. The van der Waals surface area contributed by atoms with Crippen LogP contribution in [0.15, 0.2) is 70.5 Å². The molecule has 0 unspecified atom stereocenters. The van der Waals surface area contributed by atoms with Crippen LogP contribution < -0.4 is 0 Å². The summed E-state index contributed by atoms with van der Waals surface area (Å²) in [6, 6.07) is 21.6. The minimum Gasteiger partial charge on any atom is -0.743 e. The van der Waals surface area contributed by atoms with Gasteiger partial charge in [0.25, 0.3) is 0 Å². The van der Waals surface area contributed by atoms with Crippen molar-refractivity contribution in [3.63, 3.8) is 0 Å². The van der Waals surface area contributed by atoms with Gasteiger partial charge in [-0.25, -0.2) is 8.42 Å². The number of benzene rings is 2. The Morgan fingerprint density at radius 3 is 1.21 bits per heavy atom. The molecule has 14 heteroatoms. The lowest BCUT2D eigenvalue weighted by atomic mass is 10.1. The number of hydrogen-bond donors (Lipinski definition) is 0. The molecule has 0 aliphatic carbocycles.